The lowest BCUT2D eigenvalue weighted by molar-refractivity contribution is -0.122. The Balaban J connectivity index is 1.86. The first-order valence-electron chi connectivity index (χ1n) is 7.31. The number of hydrogen-bond acceptors (Lipinski definition) is 1. The van der Waals surface area contributed by atoms with E-state index in [2.05, 4.69) is 37.3 Å². The van der Waals surface area contributed by atoms with Crippen molar-refractivity contribution in [3.63, 3.8) is 0 Å². The van der Waals surface area contributed by atoms with Crippen LogP contribution in [0.4, 0.5) is 5.69 Å². The van der Waals surface area contributed by atoms with E-state index in [9.17, 15) is 4.79 Å². The Kier molecular flexibility index (Phi) is 3.41. The highest BCUT2D eigenvalue weighted by molar-refractivity contribution is 5.96. The second-order valence-corrected chi connectivity index (χ2v) is 5.71. The number of aryl methyl sites for hydroxylation is 2. The number of fused-ring (bicyclic) bond motifs is 1. The van der Waals surface area contributed by atoms with E-state index >= 15 is 0 Å². The summed E-state index contributed by atoms with van der Waals surface area (Å²) in [4.78, 5) is 14.7. The third kappa shape index (κ3) is 2.44. The Morgan fingerprint density at radius 3 is 3.00 bits per heavy atom. The van der Waals surface area contributed by atoms with Crippen LogP contribution in [0.3, 0.4) is 0 Å². The minimum Gasteiger partial charge on any atom is -0.312 e. The van der Waals surface area contributed by atoms with Gasteiger partial charge in [-0.25, -0.2) is 0 Å². The van der Waals surface area contributed by atoms with E-state index in [1.54, 1.807) is 0 Å². The lowest BCUT2D eigenvalue weighted by atomic mass is 9.91. The highest BCUT2D eigenvalue weighted by atomic mass is 16.2. The Hall–Kier alpha value is -1.57. The zero-order valence-corrected chi connectivity index (χ0v) is 11.6. The molecule has 2 aliphatic rings. The maximum Gasteiger partial charge on any atom is 0.230 e. The van der Waals surface area contributed by atoms with Crippen LogP contribution in [0.2, 0.25) is 0 Å². The third-order valence-electron chi connectivity index (χ3n) is 4.24. The number of carbonyl (C=O) groups is 1. The van der Waals surface area contributed by atoms with Crippen molar-refractivity contribution in [2.24, 2.45) is 5.92 Å². The summed E-state index contributed by atoms with van der Waals surface area (Å²) < 4.78 is 0. The molecule has 100 valence electrons. The minimum absolute atomic E-state index is 0.192. The molecule has 0 spiro atoms. The van der Waals surface area contributed by atoms with E-state index in [1.807, 2.05) is 4.90 Å². The number of hydrogen-bond donors (Lipinski definition) is 0. The monoisotopic (exact) mass is 255 g/mol. The second kappa shape index (κ2) is 5.20. The molecule has 2 heteroatoms. The summed E-state index contributed by atoms with van der Waals surface area (Å²) in [6.45, 7) is 3.00. The van der Waals surface area contributed by atoms with Gasteiger partial charge in [0.1, 0.15) is 0 Å². The van der Waals surface area contributed by atoms with Gasteiger partial charge in [0.05, 0.1) is 0 Å². The summed E-state index contributed by atoms with van der Waals surface area (Å²) in [5.41, 5.74) is 3.77. The van der Waals surface area contributed by atoms with Crippen molar-refractivity contribution in [3.05, 3.63) is 41.5 Å². The Bertz CT molecular complexity index is 518. The molecule has 0 N–H and O–H groups in total. The fraction of sp³-hybridized carbons (Fsp3) is 0.471. The van der Waals surface area contributed by atoms with E-state index in [0.717, 1.165) is 44.3 Å². The molecule has 0 radical (unpaired) electrons. The quantitative estimate of drug-likeness (QED) is 0.702. The highest BCUT2D eigenvalue weighted by Gasteiger charge is 2.28. The van der Waals surface area contributed by atoms with Crippen molar-refractivity contribution < 1.29 is 4.79 Å². The molecule has 0 bridgehead atoms. The van der Waals surface area contributed by atoms with E-state index in [1.165, 1.54) is 11.1 Å². The predicted molar refractivity (Wildman–Crippen MR) is 78.3 cm³/mol. The summed E-state index contributed by atoms with van der Waals surface area (Å²) >= 11 is 0. The van der Waals surface area contributed by atoms with Gasteiger partial charge in [0.2, 0.25) is 5.91 Å². The molecule has 0 fully saturated rings. The minimum atomic E-state index is 0.192. The van der Waals surface area contributed by atoms with Crippen LogP contribution in [0.25, 0.3) is 0 Å². The largest absolute Gasteiger partial charge is 0.312 e. The second-order valence-electron chi connectivity index (χ2n) is 5.71. The van der Waals surface area contributed by atoms with Gasteiger partial charge in [-0.15, -0.1) is 0 Å². The lowest BCUT2D eigenvalue weighted by Crippen LogP contribution is -2.40. The molecule has 1 unspecified atom stereocenters. The summed E-state index contributed by atoms with van der Waals surface area (Å²) in [6.07, 6.45) is 9.51. The molecule has 2 nitrogen and oxygen atoms in total. The van der Waals surface area contributed by atoms with Crippen LogP contribution in [0, 0.1) is 12.8 Å². The lowest BCUT2D eigenvalue weighted by Gasteiger charge is -2.33. The average Bonchev–Trinajstić information content (AvgIpc) is 2.46. The molecule has 1 amide bonds. The van der Waals surface area contributed by atoms with Crippen molar-refractivity contribution >= 4 is 11.6 Å². The van der Waals surface area contributed by atoms with Crippen LogP contribution < -0.4 is 4.90 Å². The number of anilines is 1. The summed E-state index contributed by atoms with van der Waals surface area (Å²) in [5.74, 6) is 0.520. The van der Waals surface area contributed by atoms with Gasteiger partial charge in [0.15, 0.2) is 0 Å². The van der Waals surface area contributed by atoms with Gasteiger partial charge in [-0.05, 0) is 50.7 Å². The summed E-state index contributed by atoms with van der Waals surface area (Å²) in [6, 6.07) is 6.47. The van der Waals surface area contributed by atoms with Crippen LogP contribution >= 0.6 is 0 Å². The van der Waals surface area contributed by atoms with Gasteiger partial charge in [-0.3, -0.25) is 4.79 Å². The molecular formula is C17H21NO. The van der Waals surface area contributed by atoms with Crippen molar-refractivity contribution in [2.45, 2.75) is 39.0 Å². The van der Waals surface area contributed by atoms with Crippen LogP contribution in [-0.4, -0.2) is 12.5 Å². The zero-order chi connectivity index (χ0) is 13.2. The first-order chi connectivity index (χ1) is 9.25. The first-order valence-corrected chi connectivity index (χ1v) is 7.31. The molecule has 0 aromatic heterocycles. The van der Waals surface area contributed by atoms with E-state index in [-0.39, 0.29) is 5.92 Å². The van der Waals surface area contributed by atoms with Crippen molar-refractivity contribution in [2.75, 3.05) is 11.4 Å². The Labute approximate surface area is 115 Å². The fourth-order valence-corrected chi connectivity index (χ4v) is 3.19. The van der Waals surface area contributed by atoms with Gasteiger partial charge in [0.25, 0.3) is 0 Å². The number of nitrogens with zero attached hydrogens (tertiary/aromatic N) is 1. The fourth-order valence-electron chi connectivity index (χ4n) is 3.19. The van der Waals surface area contributed by atoms with Crippen molar-refractivity contribution in [1.82, 2.24) is 0 Å². The van der Waals surface area contributed by atoms with Crippen molar-refractivity contribution in [3.8, 4) is 0 Å². The van der Waals surface area contributed by atoms with Crippen molar-refractivity contribution in [1.29, 1.82) is 0 Å². The molecule has 1 aromatic carbocycles. The number of amides is 1. The maximum absolute atomic E-state index is 12.7. The van der Waals surface area contributed by atoms with Crippen LogP contribution in [0.1, 0.15) is 36.8 Å². The van der Waals surface area contributed by atoms with Gasteiger partial charge in [-0.2, -0.15) is 0 Å². The number of allylic oxidation sites excluding steroid dienone is 2. The maximum atomic E-state index is 12.7. The SMILES string of the molecule is Cc1ccc2c(c1)CCCN2C(=O)C1CC=CCC1. The highest BCUT2D eigenvalue weighted by Crippen LogP contribution is 2.31. The molecule has 1 aliphatic carbocycles. The van der Waals surface area contributed by atoms with Crippen LogP contribution in [-0.2, 0) is 11.2 Å². The predicted octanol–water partition coefficient (Wildman–Crippen LogP) is 3.63. The molecule has 1 atom stereocenters. The average molecular weight is 255 g/mol. The zero-order valence-electron chi connectivity index (χ0n) is 11.6. The van der Waals surface area contributed by atoms with Crippen LogP contribution in [0.15, 0.2) is 30.4 Å². The smallest absolute Gasteiger partial charge is 0.230 e. The van der Waals surface area contributed by atoms with Gasteiger partial charge in [-0.1, -0.05) is 29.8 Å². The van der Waals surface area contributed by atoms with Crippen LogP contribution in [0.5, 0.6) is 0 Å². The normalized spacial score (nSPS) is 22.2. The summed E-state index contributed by atoms with van der Waals surface area (Å²) in [5, 5.41) is 0. The van der Waals surface area contributed by atoms with E-state index in [4.69, 9.17) is 0 Å². The number of rotatable bonds is 1. The Morgan fingerprint density at radius 2 is 2.21 bits per heavy atom. The standard InChI is InChI=1S/C17H21NO/c1-13-9-10-16-15(12-13)8-5-11-18(16)17(19)14-6-3-2-4-7-14/h2-3,9-10,12,14H,4-8,11H2,1H3. The topological polar surface area (TPSA) is 20.3 Å². The molecule has 1 aromatic rings. The third-order valence-corrected chi connectivity index (χ3v) is 4.24. The van der Waals surface area contributed by atoms with Gasteiger partial charge in [0, 0.05) is 18.2 Å². The molecule has 0 saturated heterocycles. The number of carbonyl (C=O) groups excluding carboxylic acids is 1. The van der Waals surface area contributed by atoms with E-state index < -0.39 is 0 Å². The van der Waals surface area contributed by atoms with Gasteiger partial charge < -0.3 is 4.90 Å². The van der Waals surface area contributed by atoms with E-state index in [0.29, 0.717) is 5.91 Å². The molecule has 3 rings (SSSR count). The molecule has 1 heterocycles. The molecule has 0 saturated carbocycles. The molecular weight excluding hydrogens is 234 g/mol. The summed E-state index contributed by atoms with van der Waals surface area (Å²) in [7, 11) is 0. The molecule has 19 heavy (non-hydrogen) atoms. The Morgan fingerprint density at radius 1 is 1.32 bits per heavy atom. The first kappa shape index (κ1) is 12.5. The molecule has 1 aliphatic heterocycles. The van der Waals surface area contributed by atoms with Gasteiger partial charge >= 0.3 is 0 Å². The number of benzene rings is 1.